The molecule has 1 aliphatic carbocycles. The van der Waals surface area contributed by atoms with Crippen molar-refractivity contribution in [3.63, 3.8) is 0 Å². The minimum absolute atomic E-state index is 0.152. The molecule has 1 saturated carbocycles. The SMILES string of the molecule is CNC(C)Cc1ccc(S(=O)(=O)NC2CC2)cc1. The summed E-state index contributed by atoms with van der Waals surface area (Å²) in [5, 5.41) is 3.16. The molecule has 0 saturated heterocycles. The molecule has 1 aromatic carbocycles. The van der Waals surface area contributed by atoms with Crippen LogP contribution in [0, 0.1) is 0 Å². The fourth-order valence-corrected chi connectivity index (χ4v) is 3.05. The molecule has 5 heteroatoms. The Hall–Kier alpha value is -0.910. The highest BCUT2D eigenvalue weighted by Crippen LogP contribution is 2.22. The first-order chi connectivity index (χ1) is 8.51. The van der Waals surface area contributed by atoms with E-state index in [1.165, 1.54) is 0 Å². The maximum Gasteiger partial charge on any atom is 0.240 e. The smallest absolute Gasteiger partial charge is 0.240 e. The Morgan fingerprint density at radius 1 is 1.28 bits per heavy atom. The van der Waals surface area contributed by atoms with E-state index in [1.807, 2.05) is 19.2 Å². The van der Waals surface area contributed by atoms with Crippen LogP contribution in [0.1, 0.15) is 25.3 Å². The van der Waals surface area contributed by atoms with Crippen LogP contribution >= 0.6 is 0 Å². The lowest BCUT2D eigenvalue weighted by molar-refractivity contribution is 0.581. The van der Waals surface area contributed by atoms with Crippen LogP contribution in [0.2, 0.25) is 0 Å². The zero-order valence-corrected chi connectivity index (χ0v) is 11.6. The highest BCUT2D eigenvalue weighted by atomic mass is 32.2. The average molecular weight is 268 g/mol. The molecule has 1 unspecified atom stereocenters. The van der Waals surface area contributed by atoms with E-state index in [2.05, 4.69) is 17.0 Å². The minimum atomic E-state index is -3.31. The van der Waals surface area contributed by atoms with Crippen LogP contribution in [0.15, 0.2) is 29.2 Å². The highest BCUT2D eigenvalue weighted by Gasteiger charge is 2.27. The maximum atomic E-state index is 11.9. The van der Waals surface area contributed by atoms with Gasteiger partial charge in [-0.25, -0.2) is 13.1 Å². The molecule has 1 atom stereocenters. The lowest BCUT2D eigenvalue weighted by Crippen LogP contribution is -2.26. The number of rotatable bonds is 6. The van der Waals surface area contributed by atoms with E-state index in [0.717, 1.165) is 24.8 Å². The van der Waals surface area contributed by atoms with Gasteiger partial charge in [-0.2, -0.15) is 0 Å². The highest BCUT2D eigenvalue weighted by molar-refractivity contribution is 7.89. The molecular formula is C13H20N2O2S. The van der Waals surface area contributed by atoms with Crippen LogP contribution in [0.3, 0.4) is 0 Å². The van der Waals surface area contributed by atoms with Crippen LogP contribution in [-0.4, -0.2) is 27.5 Å². The zero-order valence-electron chi connectivity index (χ0n) is 10.8. The van der Waals surface area contributed by atoms with Crippen LogP contribution in [0.4, 0.5) is 0 Å². The second-order valence-electron chi connectivity index (χ2n) is 4.93. The Labute approximate surface area is 109 Å². The summed E-state index contributed by atoms with van der Waals surface area (Å²) in [4.78, 5) is 0.357. The van der Waals surface area contributed by atoms with E-state index in [0.29, 0.717) is 10.9 Å². The summed E-state index contributed by atoms with van der Waals surface area (Å²) in [6.07, 6.45) is 2.81. The fraction of sp³-hybridized carbons (Fsp3) is 0.538. The first-order valence-electron chi connectivity index (χ1n) is 6.30. The fourth-order valence-electron chi connectivity index (χ4n) is 1.75. The van der Waals surface area contributed by atoms with Gasteiger partial charge in [-0.1, -0.05) is 12.1 Å². The lowest BCUT2D eigenvalue weighted by atomic mass is 10.1. The average Bonchev–Trinajstić information content (AvgIpc) is 3.13. The molecule has 0 aromatic heterocycles. The summed E-state index contributed by atoms with van der Waals surface area (Å²) in [7, 11) is -1.39. The summed E-state index contributed by atoms with van der Waals surface area (Å²) in [6, 6.07) is 7.67. The number of sulfonamides is 1. The monoisotopic (exact) mass is 268 g/mol. The van der Waals surface area contributed by atoms with Gasteiger partial charge in [0.25, 0.3) is 0 Å². The molecule has 0 radical (unpaired) electrons. The standard InChI is InChI=1S/C13H20N2O2S/c1-10(14-2)9-11-3-7-13(8-4-11)18(16,17)15-12-5-6-12/h3-4,7-8,10,12,14-15H,5-6,9H2,1-2H3. The van der Waals surface area contributed by atoms with Gasteiger partial charge in [0.05, 0.1) is 4.90 Å². The van der Waals surface area contributed by atoms with Gasteiger partial charge >= 0.3 is 0 Å². The van der Waals surface area contributed by atoms with Gasteiger partial charge in [0.1, 0.15) is 0 Å². The van der Waals surface area contributed by atoms with Crippen molar-refractivity contribution in [2.45, 2.75) is 43.2 Å². The number of nitrogens with one attached hydrogen (secondary N) is 2. The molecule has 2 rings (SSSR count). The second kappa shape index (κ2) is 5.38. The molecule has 1 aliphatic rings. The largest absolute Gasteiger partial charge is 0.317 e. The van der Waals surface area contributed by atoms with Crippen LogP contribution in [-0.2, 0) is 16.4 Å². The van der Waals surface area contributed by atoms with Crippen molar-refractivity contribution in [2.75, 3.05) is 7.05 Å². The molecule has 0 heterocycles. The van der Waals surface area contributed by atoms with Crippen molar-refractivity contribution in [3.05, 3.63) is 29.8 Å². The van der Waals surface area contributed by atoms with Crippen molar-refractivity contribution in [1.29, 1.82) is 0 Å². The maximum absolute atomic E-state index is 11.9. The van der Waals surface area contributed by atoms with Crippen molar-refractivity contribution in [2.24, 2.45) is 0 Å². The first kappa shape index (κ1) is 13.5. The minimum Gasteiger partial charge on any atom is -0.317 e. The Bertz CT molecular complexity index is 492. The van der Waals surface area contributed by atoms with Crippen LogP contribution in [0.5, 0.6) is 0 Å². The normalized spacial score (nSPS) is 17.7. The molecule has 1 aromatic rings. The predicted octanol–water partition coefficient (Wildman–Crippen LogP) is 1.28. The third kappa shape index (κ3) is 3.54. The molecular weight excluding hydrogens is 248 g/mol. The van der Waals surface area contributed by atoms with E-state index in [9.17, 15) is 8.42 Å². The topological polar surface area (TPSA) is 58.2 Å². The van der Waals surface area contributed by atoms with E-state index in [4.69, 9.17) is 0 Å². The molecule has 0 bridgehead atoms. The summed E-state index contributed by atoms with van der Waals surface area (Å²) in [5.41, 5.74) is 1.14. The third-order valence-corrected chi connectivity index (χ3v) is 4.70. The van der Waals surface area contributed by atoms with Crippen LogP contribution in [0.25, 0.3) is 0 Å². The molecule has 4 nitrogen and oxygen atoms in total. The molecule has 0 spiro atoms. The summed E-state index contributed by atoms with van der Waals surface area (Å²) in [5.74, 6) is 0. The Morgan fingerprint density at radius 3 is 2.39 bits per heavy atom. The summed E-state index contributed by atoms with van der Waals surface area (Å²) < 4.78 is 26.6. The van der Waals surface area contributed by atoms with Crippen molar-refractivity contribution >= 4 is 10.0 Å². The van der Waals surface area contributed by atoms with Gasteiger partial charge < -0.3 is 5.32 Å². The first-order valence-corrected chi connectivity index (χ1v) is 7.78. The number of benzene rings is 1. The van der Waals surface area contributed by atoms with E-state index in [-0.39, 0.29) is 6.04 Å². The van der Waals surface area contributed by atoms with E-state index >= 15 is 0 Å². The van der Waals surface area contributed by atoms with Gasteiger partial charge in [-0.3, -0.25) is 0 Å². The summed E-state index contributed by atoms with van der Waals surface area (Å²) >= 11 is 0. The summed E-state index contributed by atoms with van der Waals surface area (Å²) in [6.45, 7) is 2.10. The van der Waals surface area contributed by atoms with Crippen molar-refractivity contribution in [3.8, 4) is 0 Å². The number of likely N-dealkylation sites (N-methyl/N-ethyl adjacent to an activating group) is 1. The molecule has 2 N–H and O–H groups in total. The molecule has 100 valence electrons. The second-order valence-corrected chi connectivity index (χ2v) is 6.65. The molecule has 1 fully saturated rings. The lowest BCUT2D eigenvalue weighted by Gasteiger charge is -2.10. The van der Waals surface area contributed by atoms with E-state index in [1.54, 1.807) is 12.1 Å². The quantitative estimate of drug-likeness (QED) is 0.817. The van der Waals surface area contributed by atoms with Gasteiger partial charge in [0.2, 0.25) is 10.0 Å². The number of hydrogen-bond acceptors (Lipinski definition) is 3. The molecule has 18 heavy (non-hydrogen) atoms. The Balaban J connectivity index is 2.06. The van der Waals surface area contributed by atoms with Gasteiger partial charge in [-0.05, 0) is 50.9 Å². The van der Waals surface area contributed by atoms with Gasteiger partial charge in [0.15, 0.2) is 0 Å². The molecule has 0 amide bonds. The van der Waals surface area contributed by atoms with E-state index < -0.39 is 10.0 Å². The van der Waals surface area contributed by atoms with Crippen molar-refractivity contribution < 1.29 is 8.42 Å². The van der Waals surface area contributed by atoms with Gasteiger partial charge in [0, 0.05) is 12.1 Å². The van der Waals surface area contributed by atoms with Crippen LogP contribution < -0.4 is 10.0 Å². The number of hydrogen-bond donors (Lipinski definition) is 2. The third-order valence-electron chi connectivity index (χ3n) is 3.17. The Morgan fingerprint density at radius 2 is 1.89 bits per heavy atom. The van der Waals surface area contributed by atoms with Gasteiger partial charge in [-0.15, -0.1) is 0 Å². The molecule has 0 aliphatic heterocycles. The predicted molar refractivity (Wildman–Crippen MR) is 72.0 cm³/mol. The van der Waals surface area contributed by atoms with Crippen molar-refractivity contribution in [1.82, 2.24) is 10.0 Å². The zero-order chi connectivity index (χ0) is 13.2. The Kier molecular flexibility index (Phi) is 4.04.